The van der Waals surface area contributed by atoms with Gasteiger partial charge >= 0.3 is 0 Å². The molecule has 0 aromatic heterocycles. The van der Waals surface area contributed by atoms with Gasteiger partial charge < -0.3 is 4.74 Å². The smallest absolute Gasteiger partial charge is 0.122 e. The quantitative estimate of drug-likeness (QED) is 0.655. The van der Waals surface area contributed by atoms with Gasteiger partial charge in [-0.05, 0) is 45.0 Å². The Morgan fingerprint density at radius 2 is 2.08 bits per heavy atom. The van der Waals surface area contributed by atoms with Gasteiger partial charge in [-0.1, -0.05) is 0 Å². The molecule has 0 amide bonds. The SMILES string of the molecule is CC(C)(C)Oc1c[c]cc(C#N)c1. The minimum absolute atomic E-state index is 0.234. The summed E-state index contributed by atoms with van der Waals surface area (Å²) in [5, 5.41) is 8.63. The van der Waals surface area contributed by atoms with Crippen molar-refractivity contribution in [3.63, 3.8) is 0 Å². The summed E-state index contributed by atoms with van der Waals surface area (Å²) in [6, 6.07) is 9.97. The summed E-state index contributed by atoms with van der Waals surface area (Å²) in [6.45, 7) is 5.89. The Morgan fingerprint density at radius 1 is 1.38 bits per heavy atom. The molecule has 0 aliphatic heterocycles. The minimum Gasteiger partial charge on any atom is -0.488 e. The van der Waals surface area contributed by atoms with Gasteiger partial charge in [0.25, 0.3) is 0 Å². The predicted molar refractivity (Wildman–Crippen MR) is 50.4 cm³/mol. The van der Waals surface area contributed by atoms with E-state index in [4.69, 9.17) is 10.00 Å². The number of rotatable bonds is 1. The first kappa shape index (κ1) is 9.60. The van der Waals surface area contributed by atoms with Crippen LogP contribution < -0.4 is 4.74 Å². The molecule has 0 aliphatic rings. The van der Waals surface area contributed by atoms with Crippen molar-refractivity contribution < 1.29 is 4.74 Å². The van der Waals surface area contributed by atoms with Crippen LogP contribution in [0.1, 0.15) is 26.3 Å². The van der Waals surface area contributed by atoms with Crippen LogP contribution in [0.15, 0.2) is 18.2 Å². The van der Waals surface area contributed by atoms with Gasteiger partial charge in [0.05, 0.1) is 11.6 Å². The van der Waals surface area contributed by atoms with Crippen LogP contribution in [0, 0.1) is 17.4 Å². The van der Waals surface area contributed by atoms with Gasteiger partial charge in [0, 0.05) is 0 Å². The van der Waals surface area contributed by atoms with Crippen molar-refractivity contribution in [2.75, 3.05) is 0 Å². The summed E-state index contributed by atoms with van der Waals surface area (Å²) in [4.78, 5) is 0. The molecule has 0 atom stereocenters. The maximum absolute atomic E-state index is 8.63. The molecule has 1 aromatic carbocycles. The number of nitrogens with zero attached hydrogens (tertiary/aromatic N) is 1. The molecule has 13 heavy (non-hydrogen) atoms. The third-order valence-corrected chi connectivity index (χ3v) is 1.32. The molecular weight excluding hydrogens is 162 g/mol. The number of nitriles is 1. The molecule has 0 saturated heterocycles. The Labute approximate surface area is 78.8 Å². The fourth-order valence-electron chi connectivity index (χ4n) is 0.927. The molecule has 0 N–H and O–H groups in total. The van der Waals surface area contributed by atoms with Crippen LogP contribution in [-0.4, -0.2) is 5.60 Å². The van der Waals surface area contributed by atoms with E-state index in [1.165, 1.54) is 0 Å². The number of hydrogen-bond donors (Lipinski definition) is 0. The van der Waals surface area contributed by atoms with Crippen molar-refractivity contribution in [1.82, 2.24) is 0 Å². The van der Waals surface area contributed by atoms with Gasteiger partial charge in [0.15, 0.2) is 0 Å². The monoisotopic (exact) mass is 174 g/mol. The Hall–Kier alpha value is -1.49. The summed E-state index contributed by atoms with van der Waals surface area (Å²) in [6.07, 6.45) is 0. The van der Waals surface area contributed by atoms with Gasteiger partial charge in [0.2, 0.25) is 0 Å². The van der Waals surface area contributed by atoms with E-state index in [1.54, 1.807) is 18.2 Å². The Bertz CT molecular complexity index is 331. The van der Waals surface area contributed by atoms with Crippen molar-refractivity contribution in [2.24, 2.45) is 0 Å². The highest BCUT2D eigenvalue weighted by molar-refractivity contribution is 5.35. The molecule has 0 spiro atoms. The molecule has 1 rings (SSSR count). The topological polar surface area (TPSA) is 33.0 Å². The summed E-state index contributed by atoms with van der Waals surface area (Å²) in [5.74, 6) is 0.687. The second-order valence-electron chi connectivity index (χ2n) is 3.78. The molecule has 0 saturated carbocycles. The number of hydrogen-bond acceptors (Lipinski definition) is 2. The zero-order valence-electron chi connectivity index (χ0n) is 8.09. The first-order valence-electron chi connectivity index (χ1n) is 4.11. The highest BCUT2D eigenvalue weighted by Gasteiger charge is 2.11. The fraction of sp³-hybridized carbons (Fsp3) is 0.364. The molecule has 67 valence electrons. The maximum Gasteiger partial charge on any atom is 0.122 e. The minimum atomic E-state index is -0.234. The van der Waals surface area contributed by atoms with Crippen molar-refractivity contribution in [1.29, 1.82) is 5.26 Å². The summed E-state index contributed by atoms with van der Waals surface area (Å²) >= 11 is 0. The molecule has 0 fully saturated rings. The number of benzene rings is 1. The zero-order chi connectivity index (χ0) is 9.90. The molecule has 0 aliphatic carbocycles. The largest absolute Gasteiger partial charge is 0.488 e. The van der Waals surface area contributed by atoms with E-state index in [1.807, 2.05) is 26.8 Å². The molecule has 1 radical (unpaired) electrons. The predicted octanol–water partition coefficient (Wildman–Crippen LogP) is 2.54. The maximum atomic E-state index is 8.63. The van der Waals surface area contributed by atoms with Crippen LogP contribution in [0.2, 0.25) is 0 Å². The average molecular weight is 174 g/mol. The fourth-order valence-corrected chi connectivity index (χ4v) is 0.927. The van der Waals surface area contributed by atoms with Crippen LogP contribution in [0.3, 0.4) is 0 Å². The molecular formula is C11H12NO. The van der Waals surface area contributed by atoms with Crippen molar-refractivity contribution in [2.45, 2.75) is 26.4 Å². The zero-order valence-corrected chi connectivity index (χ0v) is 8.09. The van der Waals surface area contributed by atoms with Gasteiger partial charge in [-0.25, -0.2) is 0 Å². The van der Waals surface area contributed by atoms with Gasteiger partial charge in [0.1, 0.15) is 11.4 Å². The summed E-state index contributed by atoms with van der Waals surface area (Å²) in [7, 11) is 0. The Kier molecular flexibility index (Phi) is 2.57. The number of ether oxygens (including phenoxy) is 1. The van der Waals surface area contributed by atoms with E-state index >= 15 is 0 Å². The van der Waals surface area contributed by atoms with Crippen LogP contribution in [0.25, 0.3) is 0 Å². The van der Waals surface area contributed by atoms with E-state index in [0.29, 0.717) is 11.3 Å². The molecule has 2 nitrogen and oxygen atoms in total. The lowest BCUT2D eigenvalue weighted by molar-refractivity contribution is 0.131. The normalized spacial score (nSPS) is 10.6. The highest BCUT2D eigenvalue weighted by atomic mass is 16.5. The first-order valence-corrected chi connectivity index (χ1v) is 4.11. The van der Waals surface area contributed by atoms with E-state index in [-0.39, 0.29) is 5.60 Å². The van der Waals surface area contributed by atoms with Crippen molar-refractivity contribution >= 4 is 0 Å². The van der Waals surface area contributed by atoms with E-state index in [0.717, 1.165) is 0 Å². The molecule has 2 heteroatoms. The first-order chi connectivity index (χ1) is 6.01. The van der Waals surface area contributed by atoms with E-state index in [9.17, 15) is 0 Å². The molecule has 0 bridgehead atoms. The lowest BCUT2D eigenvalue weighted by Crippen LogP contribution is -2.22. The van der Waals surface area contributed by atoms with Crippen LogP contribution >= 0.6 is 0 Å². The molecule has 0 heterocycles. The standard InChI is InChI=1S/C11H12NO/c1-11(2,3)13-10-6-4-5-9(7-10)8-12/h5-7H,1-3H3. The third kappa shape index (κ3) is 3.16. The summed E-state index contributed by atoms with van der Waals surface area (Å²) < 4.78 is 5.56. The van der Waals surface area contributed by atoms with Crippen LogP contribution in [-0.2, 0) is 0 Å². The lowest BCUT2D eigenvalue weighted by atomic mass is 10.2. The Balaban J connectivity index is 2.86. The third-order valence-electron chi connectivity index (χ3n) is 1.32. The molecule has 1 aromatic rings. The van der Waals surface area contributed by atoms with Crippen molar-refractivity contribution in [3.8, 4) is 11.8 Å². The van der Waals surface area contributed by atoms with Gasteiger partial charge in [-0.2, -0.15) is 5.26 Å². The van der Waals surface area contributed by atoms with Gasteiger partial charge in [-0.3, -0.25) is 0 Å². The summed E-state index contributed by atoms with van der Waals surface area (Å²) in [5.41, 5.74) is 0.337. The highest BCUT2D eigenvalue weighted by Crippen LogP contribution is 2.18. The van der Waals surface area contributed by atoms with E-state index < -0.39 is 0 Å². The second kappa shape index (κ2) is 3.49. The average Bonchev–Trinajstić information content (AvgIpc) is 2.01. The second-order valence-corrected chi connectivity index (χ2v) is 3.78. The Morgan fingerprint density at radius 3 is 2.62 bits per heavy atom. The lowest BCUT2D eigenvalue weighted by Gasteiger charge is -2.21. The van der Waals surface area contributed by atoms with Crippen LogP contribution in [0.4, 0.5) is 0 Å². The van der Waals surface area contributed by atoms with Crippen LogP contribution in [0.5, 0.6) is 5.75 Å². The van der Waals surface area contributed by atoms with E-state index in [2.05, 4.69) is 6.07 Å². The van der Waals surface area contributed by atoms with Gasteiger partial charge in [-0.15, -0.1) is 0 Å². The van der Waals surface area contributed by atoms with Crippen molar-refractivity contribution in [3.05, 3.63) is 29.8 Å². The molecule has 0 unspecified atom stereocenters.